The molecule has 2 unspecified atom stereocenters. The molecule has 0 aromatic heterocycles. The van der Waals surface area contributed by atoms with Crippen molar-refractivity contribution >= 4 is 11.6 Å². The van der Waals surface area contributed by atoms with Crippen LogP contribution in [0.2, 0.25) is 0 Å². The van der Waals surface area contributed by atoms with Crippen LogP contribution in [0.1, 0.15) is 49.8 Å². The number of amides is 1. The molecule has 0 aliphatic carbocycles. The molecule has 1 fully saturated rings. The van der Waals surface area contributed by atoms with E-state index in [0.717, 1.165) is 16.8 Å². The molecule has 1 aromatic rings. The lowest BCUT2D eigenvalue weighted by atomic mass is 9.97. The van der Waals surface area contributed by atoms with Crippen molar-refractivity contribution in [2.75, 3.05) is 11.9 Å². The highest BCUT2D eigenvalue weighted by Crippen LogP contribution is 2.24. The van der Waals surface area contributed by atoms with E-state index in [1.54, 1.807) is 0 Å². The van der Waals surface area contributed by atoms with Gasteiger partial charge in [-0.1, -0.05) is 24.1 Å². The average molecular weight is 288 g/mol. The zero-order valence-corrected chi connectivity index (χ0v) is 14.0. The summed E-state index contributed by atoms with van der Waals surface area (Å²) in [5.41, 5.74) is 4.49. The Hall–Kier alpha value is -1.35. The Bertz CT molecular complexity index is 491. The molecule has 0 saturated carbocycles. The normalized spacial score (nSPS) is 23.1. The summed E-state index contributed by atoms with van der Waals surface area (Å²) >= 11 is 0. The lowest BCUT2D eigenvalue weighted by molar-refractivity contribution is -0.118. The zero-order chi connectivity index (χ0) is 15.6. The number of aryl methyl sites for hydroxylation is 3. The van der Waals surface area contributed by atoms with Crippen molar-refractivity contribution in [2.24, 2.45) is 0 Å². The number of benzene rings is 1. The summed E-state index contributed by atoms with van der Waals surface area (Å²) in [6.07, 6.45) is 3.66. The Morgan fingerprint density at radius 2 is 1.67 bits per heavy atom. The van der Waals surface area contributed by atoms with Crippen molar-refractivity contribution in [1.82, 2.24) is 4.90 Å². The van der Waals surface area contributed by atoms with Crippen molar-refractivity contribution < 1.29 is 4.79 Å². The number of nitrogens with one attached hydrogen (secondary N) is 1. The maximum atomic E-state index is 12.4. The topological polar surface area (TPSA) is 32.3 Å². The lowest BCUT2D eigenvalue weighted by Gasteiger charge is -2.38. The summed E-state index contributed by atoms with van der Waals surface area (Å²) in [7, 11) is 0. The predicted molar refractivity (Wildman–Crippen MR) is 88.8 cm³/mol. The minimum absolute atomic E-state index is 0.102. The number of rotatable bonds is 3. The van der Waals surface area contributed by atoms with Gasteiger partial charge in [-0.15, -0.1) is 0 Å². The van der Waals surface area contributed by atoms with Gasteiger partial charge in [0, 0.05) is 17.8 Å². The summed E-state index contributed by atoms with van der Waals surface area (Å²) in [4.78, 5) is 14.7. The van der Waals surface area contributed by atoms with Gasteiger partial charge in [-0.2, -0.15) is 0 Å². The molecule has 1 amide bonds. The zero-order valence-electron chi connectivity index (χ0n) is 14.0. The van der Waals surface area contributed by atoms with Gasteiger partial charge in [-0.3, -0.25) is 9.69 Å². The van der Waals surface area contributed by atoms with E-state index in [9.17, 15) is 4.79 Å². The maximum Gasteiger partial charge on any atom is 0.238 e. The van der Waals surface area contributed by atoms with Crippen LogP contribution in [-0.4, -0.2) is 29.4 Å². The van der Waals surface area contributed by atoms with E-state index < -0.39 is 0 Å². The summed E-state index contributed by atoms with van der Waals surface area (Å²) in [5, 5.41) is 3.11. The minimum atomic E-state index is 0.102. The Morgan fingerprint density at radius 1 is 1.14 bits per heavy atom. The molecule has 2 rings (SSSR count). The van der Waals surface area contributed by atoms with E-state index in [1.165, 1.54) is 24.8 Å². The van der Waals surface area contributed by atoms with Gasteiger partial charge in [0.05, 0.1) is 6.54 Å². The molecule has 1 aromatic carbocycles. The van der Waals surface area contributed by atoms with Crippen molar-refractivity contribution in [1.29, 1.82) is 0 Å². The van der Waals surface area contributed by atoms with E-state index in [2.05, 4.69) is 57.0 Å². The number of carbonyl (C=O) groups is 1. The first-order valence-electron chi connectivity index (χ1n) is 8.02. The van der Waals surface area contributed by atoms with Gasteiger partial charge in [0.15, 0.2) is 0 Å². The quantitative estimate of drug-likeness (QED) is 0.917. The van der Waals surface area contributed by atoms with Crippen molar-refractivity contribution in [3.05, 3.63) is 28.8 Å². The molecule has 0 spiro atoms. The van der Waals surface area contributed by atoms with Crippen LogP contribution in [0, 0.1) is 20.8 Å². The third kappa shape index (κ3) is 3.85. The lowest BCUT2D eigenvalue weighted by Crippen LogP contribution is -2.47. The van der Waals surface area contributed by atoms with Crippen LogP contribution in [0.3, 0.4) is 0 Å². The molecule has 1 aliphatic heterocycles. The minimum Gasteiger partial charge on any atom is -0.324 e. The third-order valence-corrected chi connectivity index (χ3v) is 4.64. The molecule has 2 atom stereocenters. The summed E-state index contributed by atoms with van der Waals surface area (Å²) in [5.74, 6) is 0.102. The van der Waals surface area contributed by atoms with Gasteiger partial charge in [0.1, 0.15) is 0 Å². The van der Waals surface area contributed by atoms with E-state index in [0.29, 0.717) is 18.6 Å². The molecule has 3 nitrogen and oxygen atoms in total. The number of piperidine rings is 1. The summed E-state index contributed by atoms with van der Waals surface area (Å²) in [6.45, 7) is 11.2. The van der Waals surface area contributed by atoms with Crippen LogP contribution >= 0.6 is 0 Å². The van der Waals surface area contributed by atoms with E-state index in [-0.39, 0.29) is 5.91 Å². The molecule has 0 radical (unpaired) electrons. The standard InChI is InChI=1S/C18H28N2O/c1-12-9-13(2)18(14(3)10-12)19-17(21)11-20-15(4)7-6-8-16(20)5/h9-10,15-16H,6-8,11H2,1-5H3,(H,19,21). The highest BCUT2D eigenvalue weighted by atomic mass is 16.2. The maximum absolute atomic E-state index is 12.4. The highest BCUT2D eigenvalue weighted by molar-refractivity contribution is 5.93. The molecular formula is C18H28N2O. The number of hydrogen-bond donors (Lipinski definition) is 1. The van der Waals surface area contributed by atoms with Gasteiger partial charge in [-0.25, -0.2) is 0 Å². The van der Waals surface area contributed by atoms with Gasteiger partial charge < -0.3 is 5.32 Å². The first-order chi connectivity index (χ1) is 9.88. The van der Waals surface area contributed by atoms with Crippen LogP contribution in [0.15, 0.2) is 12.1 Å². The van der Waals surface area contributed by atoms with Crippen molar-refractivity contribution in [3.63, 3.8) is 0 Å². The third-order valence-electron chi connectivity index (χ3n) is 4.64. The number of anilines is 1. The fourth-order valence-electron chi connectivity index (χ4n) is 3.51. The second-order valence-electron chi connectivity index (χ2n) is 6.62. The number of carbonyl (C=O) groups excluding carboxylic acids is 1. The Labute approximate surface area is 128 Å². The molecular weight excluding hydrogens is 260 g/mol. The van der Waals surface area contributed by atoms with Crippen molar-refractivity contribution in [2.45, 2.75) is 66.0 Å². The SMILES string of the molecule is Cc1cc(C)c(NC(=O)CN2C(C)CCCC2C)c(C)c1. The molecule has 3 heteroatoms. The number of nitrogens with zero attached hydrogens (tertiary/aromatic N) is 1. The fourth-order valence-corrected chi connectivity index (χ4v) is 3.51. The van der Waals surface area contributed by atoms with Crippen LogP contribution in [-0.2, 0) is 4.79 Å². The molecule has 21 heavy (non-hydrogen) atoms. The second kappa shape index (κ2) is 6.61. The Balaban J connectivity index is 2.05. The molecule has 1 N–H and O–H groups in total. The van der Waals surface area contributed by atoms with Crippen LogP contribution < -0.4 is 5.32 Å². The average Bonchev–Trinajstić information content (AvgIpc) is 2.38. The van der Waals surface area contributed by atoms with Gasteiger partial charge in [0.2, 0.25) is 5.91 Å². The van der Waals surface area contributed by atoms with E-state index >= 15 is 0 Å². The first kappa shape index (κ1) is 16.0. The first-order valence-corrected chi connectivity index (χ1v) is 8.02. The summed E-state index contributed by atoms with van der Waals surface area (Å²) < 4.78 is 0. The van der Waals surface area contributed by atoms with Gasteiger partial charge >= 0.3 is 0 Å². The van der Waals surface area contributed by atoms with Crippen molar-refractivity contribution in [3.8, 4) is 0 Å². The number of likely N-dealkylation sites (tertiary alicyclic amines) is 1. The monoisotopic (exact) mass is 288 g/mol. The molecule has 1 aliphatic rings. The van der Waals surface area contributed by atoms with Crippen LogP contribution in [0.25, 0.3) is 0 Å². The largest absolute Gasteiger partial charge is 0.324 e. The molecule has 1 saturated heterocycles. The van der Waals surface area contributed by atoms with Gasteiger partial charge in [0.25, 0.3) is 0 Å². The Morgan fingerprint density at radius 3 is 2.19 bits per heavy atom. The smallest absolute Gasteiger partial charge is 0.238 e. The predicted octanol–water partition coefficient (Wildman–Crippen LogP) is 3.81. The van der Waals surface area contributed by atoms with E-state index in [4.69, 9.17) is 0 Å². The summed E-state index contributed by atoms with van der Waals surface area (Å²) in [6, 6.07) is 5.24. The fraction of sp³-hybridized carbons (Fsp3) is 0.611. The van der Waals surface area contributed by atoms with E-state index in [1.807, 2.05) is 0 Å². The highest BCUT2D eigenvalue weighted by Gasteiger charge is 2.26. The molecule has 1 heterocycles. The van der Waals surface area contributed by atoms with Crippen LogP contribution in [0.4, 0.5) is 5.69 Å². The van der Waals surface area contributed by atoms with Gasteiger partial charge in [-0.05, 0) is 58.6 Å². The van der Waals surface area contributed by atoms with Crippen LogP contribution in [0.5, 0.6) is 0 Å². The molecule has 116 valence electrons. The second-order valence-corrected chi connectivity index (χ2v) is 6.62. The molecule has 0 bridgehead atoms. The number of hydrogen-bond acceptors (Lipinski definition) is 2. The Kier molecular flexibility index (Phi) is 5.04.